The van der Waals surface area contributed by atoms with Crippen molar-refractivity contribution in [2.45, 2.75) is 33.9 Å². The number of hydrogen-bond donors (Lipinski definition) is 1. The van der Waals surface area contributed by atoms with Gasteiger partial charge in [-0.2, -0.15) is 0 Å². The summed E-state index contributed by atoms with van der Waals surface area (Å²) in [5.74, 6) is 2.60. The lowest BCUT2D eigenvalue weighted by Gasteiger charge is -2.13. The molecule has 5 heteroatoms. The lowest BCUT2D eigenvalue weighted by Crippen LogP contribution is -2.06. The fraction of sp³-hybridized carbons (Fsp3) is 0.429. The van der Waals surface area contributed by atoms with E-state index in [1.54, 1.807) is 0 Å². The van der Waals surface area contributed by atoms with Crippen LogP contribution < -0.4 is 10.5 Å². The van der Waals surface area contributed by atoms with Crippen molar-refractivity contribution in [1.82, 2.24) is 14.8 Å². The highest BCUT2D eigenvalue weighted by molar-refractivity contribution is 5.43. The molecule has 0 fully saturated rings. The first-order chi connectivity index (χ1) is 9.02. The maximum atomic E-state index is 5.88. The number of ether oxygens (including phenoxy) is 1. The van der Waals surface area contributed by atoms with Gasteiger partial charge < -0.3 is 15.0 Å². The summed E-state index contributed by atoms with van der Waals surface area (Å²) in [7, 11) is 1.94. The number of nitrogens with two attached hydrogens (primary N) is 1. The molecule has 1 heterocycles. The summed E-state index contributed by atoms with van der Waals surface area (Å²) in [6.07, 6.45) is 0. The molecule has 2 N–H and O–H groups in total. The minimum atomic E-state index is 0.418. The molecule has 2 rings (SSSR count). The van der Waals surface area contributed by atoms with E-state index in [0.717, 1.165) is 34.1 Å². The largest absolute Gasteiger partial charge is 0.485 e. The maximum absolute atomic E-state index is 5.88. The van der Waals surface area contributed by atoms with Gasteiger partial charge >= 0.3 is 0 Å². The molecule has 102 valence electrons. The van der Waals surface area contributed by atoms with Gasteiger partial charge in [0, 0.05) is 13.6 Å². The Morgan fingerprint density at radius 3 is 2.26 bits per heavy atom. The van der Waals surface area contributed by atoms with Crippen LogP contribution >= 0.6 is 0 Å². The van der Waals surface area contributed by atoms with Crippen LogP contribution in [0.15, 0.2) is 12.1 Å². The van der Waals surface area contributed by atoms with Gasteiger partial charge in [-0.05, 0) is 37.5 Å². The topological polar surface area (TPSA) is 66.0 Å². The van der Waals surface area contributed by atoms with Gasteiger partial charge in [0.15, 0.2) is 5.82 Å². The van der Waals surface area contributed by atoms with Gasteiger partial charge in [-0.25, -0.2) is 0 Å². The number of nitrogens with zero attached hydrogens (tertiary/aromatic N) is 3. The van der Waals surface area contributed by atoms with E-state index in [4.69, 9.17) is 10.5 Å². The molecule has 0 unspecified atom stereocenters. The van der Waals surface area contributed by atoms with Gasteiger partial charge in [-0.15, -0.1) is 10.2 Å². The van der Waals surface area contributed by atoms with Crippen molar-refractivity contribution < 1.29 is 4.74 Å². The van der Waals surface area contributed by atoms with Crippen molar-refractivity contribution in [3.05, 3.63) is 40.5 Å². The summed E-state index contributed by atoms with van der Waals surface area (Å²) >= 11 is 0. The fourth-order valence-corrected chi connectivity index (χ4v) is 2.10. The second kappa shape index (κ2) is 5.40. The molecular weight excluding hydrogens is 240 g/mol. The quantitative estimate of drug-likeness (QED) is 0.910. The molecule has 0 aliphatic rings. The summed E-state index contributed by atoms with van der Waals surface area (Å²) < 4.78 is 7.81. The number of aromatic nitrogens is 3. The minimum Gasteiger partial charge on any atom is -0.485 e. The van der Waals surface area contributed by atoms with Gasteiger partial charge in [0.2, 0.25) is 0 Å². The fourth-order valence-electron chi connectivity index (χ4n) is 2.10. The first-order valence-corrected chi connectivity index (χ1v) is 6.30. The Morgan fingerprint density at radius 1 is 1.16 bits per heavy atom. The van der Waals surface area contributed by atoms with Gasteiger partial charge in [0.05, 0.1) is 0 Å². The SMILES string of the molecule is Cc1cc(CN)cc(C)c1OCc1nnc(C)n1C. The molecule has 0 atom stereocenters. The second-order valence-electron chi connectivity index (χ2n) is 4.77. The molecule has 0 spiro atoms. The molecule has 2 aromatic rings. The van der Waals surface area contributed by atoms with Crippen molar-refractivity contribution in [1.29, 1.82) is 0 Å². The zero-order valence-electron chi connectivity index (χ0n) is 11.9. The number of rotatable bonds is 4. The van der Waals surface area contributed by atoms with Gasteiger partial charge in [-0.3, -0.25) is 0 Å². The normalized spacial score (nSPS) is 10.8. The van der Waals surface area contributed by atoms with E-state index in [0.29, 0.717) is 13.2 Å². The molecule has 0 aliphatic heterocycles. The summed E-state index contributed by atoms with van der Waals surface area (Å²) in [6, 6.07) is 4.12. The molecule has 0 radical (unpaired) electrons. The van der Waals surface area contributed by atoms with Crippen LogP contribution in [0.3, 0.4) is 0 Å². The Balaban J connectivity index is 2.18. The second-order valence-corrected chi connectivity index (χ2v) is 4.77. The van der Waals surface area contributed by atoms with Crippen molar-refractivity contribution in [3.8, 4) is 5.75 Å². The zero-order valence-corrected chi connectivity index (χ0v) is 11.9. The van der Waals surface area contributed by atoms with Gasteiger partial charge in [0.1, 0.15) is 18.2 Å². The van der Waals surface area contributed by atoms with E-state index in [1.807, 2.05) is 32.4 Å². The van der Waals surface area contributed by atoms with Gasteiger partial charge in [0.25, 0.3) is 0 Å². The van der Waals surface area contributed by atoms with E-state index < -0.39 is 0 Å². The highest BCUT2D eigenvalue weighted by Crippen LogP contribution is 2.25. The van der Waals surface area contributed by atoms with Crippen LogP contribution in [0.2, 0.25) is 0 Å². The van der Waals surface area contributed by atoms with Crippen LogP contribution in [0.5, 0.6) is 5.75 Å². The predicted octanol–water partition coefficient (Wildman–Crippen LogP) is 1.78. The average Bonchev–Trinajstić information content (AvgIpc) is 2.69. The van der Waals surface area contributed by atoms with Crippen LogP contribution in [-0.4, -0.2) is 14.8 Å². The van der Waals surface area contributed by atoms with E-state index in [9.17, 15) is 0 Å². The molecular formula is C14H20N4O. The first-order valence-electron chi connectivity index (χ1n) is 6.30. The monoisotopic (exact) mass is 260 g/mol. The highest BCUT2D eigenvalue weighted by Gasteiger charge is 2.09. The van der Waals surface area contributed by atoms with Crippen LogP contribution in [0.1, 0.15) is 28.3 Å². The van der Waals surface area contributed by atoms with Crippen LogP contribution in [0, 0.1) is 20.8 Å². The van der Waals surface area contributed by atoms with Crippen LogP contribution in [-0.2, 0) is 20.2 Å². The first kappa shape index (κ1) is 13.5. The maximum Gasteiger partial charge on any atom is 0.170 e. The molecule has 19 heavy (non-hydrogen) atoms. The zero-order chi connectivity index (χ0) is 14.0. The summed E-state index contributed by atoms with van der Waals surface area (Å²) in [4.78, 5) is 0. The lowest BCUT2D eigenvalue weighted by atomic mass is 10.1. The van der Waals surface area contributed by atoms with E-state index in [-0.39, 0.29) is 0 Å². The molecule has 0 amide bonds. The lowest BCUT2D eigenvalue weighted by molar-refractivity contribution is 0.287. The molecule has 5 nitrogen and oxygen atoms in total. The molecule has 1 aromatic heterocycles. The number of hydrogen-bond acceptors (Lipinski definition) is 4. The Hall–Kier alpha value is -1.88. The Labute approximate surface area is 113 Å². The molecule has 0 bridgehead atoms. The van der Waals surface area contributed by atoms with E-state index in [1.165, 1.54) is 0 Å². The van der Waals surface area contributed by atoms with Crippen molar-refractivity contribution in [2.75, 3.05) is 0 Å². The third-order valence-electron chi connectivity index (χ3n) is 3.28. The Morgan fingerprint density at radius 2 is 1.79 bits per heavy atom. The van der Waals surface area contributed by atoms with E-state index >= 15 is 0 Å². The third kappa shape index (κ3) is 2.76. The molecule has 0 aliphatic carbocycles. The average molecular weight is 260 g/mol. The summed E-state index contributed by atoms with van der Waals surface area (Å²) in [5.41, 5.74) is 8.98. The molecule has 0 saturated heterocycles. The Kier molecular flexibility index (Phi) is 3.85. The Bertz CT molecular complexity index is 566. The van der Waals surface area contributed by atoms with Crippen molar-refractivity contribution >= 4 is 0 Å². The van der Waals surface area contributed by atoms with Crippen molar-refractivity contribution in [3.63, 3.8) is 0 Å². The number of aryl methyl sites for hydroxylation is 3. The summed E-state index contributed by atoms with van der Waals surface area (Å²) in [5, 5.41) is 8.11. The smallest absolute Gasteiger partial charge is 0.170 e. The molecule has 0 saturated carbocycles. The predicted molar refractivity (Wildman–Crippen MR) is 73.9 cm³/mol. The standard InChI is InChI=1S/C14H20N4O/c1-9-5-12(7-15)6-10(2)14(9)19-8-13-17-16-11(3)18(13)4/h5-6H,7-8,15H2,1-4H3. The van der Waals surface area contributed by atoms with Crippen molar-refractivity contribution in [2.24, 2.45) is 12.8 Å². The third-order valence-corrected chi connectivity index (χ3v) is 3.28. The van der Waals surface area contributed by atoms with Crippen LogP contribution in [0.25, 0.3) is 0 Å². The number of benzene rings is 1. The van der Waals surface area contributed by atoms with E-state index in [2.05, 4.69) is 22.3 Å². The van der Waals surface area contributed by atoms with Gasteiger partial charge in [-0.1, -0.05) is 12.1 Å². The minimum absolute atomic E-state index is 0.418. The van der Waals surface area contributed by atoms with Crippen LogP contribution in [0.4, 0.5) is 0 Å². The molecule has 1 aromatic carbocycles. The summed E-state index contributed by atoms with van der Waals surface area (Å²) in [6.45, 7) is 6.95. The highest BCUT2D eigenvalue weighted by atomic mass is 16.5.